The Bertz CT molecular complexity index is 628. The van der Waals surface area contributed by atoms with Gasteiger partial charge in [-0.25, -0.2) is 4.99 Å². The Morgan fingerprint density at radius 1 is 1.28 bits per heavy atom. The van der Waals surface area contributed by atoms with E-state index in [1.165, 1.54) is 0 Å². The van der Waals surface area contributed by atoms with Gasteiger partial charge in [-0.1, -0.05) is 12.1 Å². The Hall–Kier alpha value is -1.83. The van der Waals surface area contributed by atoms with E-state index < -0.39 is 0 Å². The molecule has 0 aliphatic carbocycles. The van der Waals surface area contributed by atoms with Gasteiger partial charge in [0.2, 0.25) is 0 Å². The fourth-order valence-corrected chi connectivity index (χ4v) is 3.69. The van der Waals surface area contributed by atoms with Crippen LogP contribution in [0.15, 0.2) is 29.3 Å². The molecule has 0 saturated carbocycles. The molecular formula is C22H36N4O3. The van der Waals surface area contributed by atoms with E-state index in [-0.39, 0.29) is 0 Å². The SMILES string of the molecule is CCNC(=NCc1cccc(OCCN2CCOCC2)c1)N(C)CC1CCOC1. The lowest BCUT2D eigenvalue weighted by Crippen LogP contribution is -2.41. The van der Waals surface area contributed by atoms with Crippen molar-refractivity contribution in [2.24, 2.45) is 10.9 Å². The van der Waals surface area contributed by atoms with Crippen LogP contribution < -0.4 is 10.1 Å². The van der Waals surface area contributed by atoms with Gasteiger partial charge in [-0.3, -0.25) is 4.90 Å². The summed E-state index contributed by atoms with van der Waals surface area (Å²) in [6.45, 7) is 11.6. The summed E-state index contributed by atoms with van der Waals surface area (Å²) < 4.78 is 16.9. The van der Waals surface area contributed by atoms with Crippen molar-refractivity contribution in [2.75, 3.05) is 72.8 Å². The van der Waals surface area contributed by atoms with Crippen LogP contribution in [-0.2, 0) is 16.0 Å². The molecule has 1 aromatic rings. The van der Waals surface area contributed by atoms with Gasteiger partial charge in [-0.15, -0.1) is 0 Å². The average molecular weight is 405 g/mol. The molecule has 2 saturated heterocycles. The van der Waals surface area contributed by atoms with E-state index in [2.05, 4.69) is 41.2 Å². The maximum Gasteiger partial charge on any atom is 0.193 e. The van der Waals surface area contributed by atoms with Gasteiger partial charge < -0.3 is 24.4 Å². The van der Waals surface area contributed by atoms with Crippen LogP contribution in [-0.4, -0.2) is 88.6 Å². The molecule has 0 aromatic heterocycles. The van der Waals surface area contributed by atoms with Crippen LogP contribution in [0.1, 0.15) is 18.9 Å². The Kier molecular flexibility index (Phi) is 9.05. The zero-order valence-electron chi connectivity index (χ0n) is 17.9. The lowest BCUT2D eigenvalue weighted by atomic mass is 10.1. The van der Waals surface area contributed by atoms with Gasteiger partial charge in [0, 0.05) is 52.3 Å². The minimum Gasteiger partial charge on any atom is -0.492 e. The van der Waals surface area contributed by atoms with Crippen molar-refractivity contribution in [1.29, 1.82) is 0 Å². The summed E-state index contributed by atoms with van der Waals surface area (Å²) in [5, 5.41) is 3.40. The second-order valence-corrected chi connectivity index (χ2v) is 7.73. The number of ether oxygens (including phenoxy) is 3. The molecule has 7 nitrogen and oxygen atoms in total. The minimum absolute atomic E-state index is 0.590. The van der Waals surface area contributed by atoms with Crippen LogP contribution in [0.2, 0.25) is 0 Å². The summed E-state index contributed by atoms with van der Waals surface area (Å²) in [5.74, 6) is 2.44. The topological polar surface area (TPSA) is 58.6 Å². The standard InChI is InChI=1S/C22H36N4O3/c1-3-23-22(25(2)17-20-7-11-28-18-20)24-16-19-5-4-6-21(15-19)29-14-10-26-8-12-27-13-9-26/h4-6,15,20H,3,7-14,16-18H2,1-2H3,(H,23,24). The monoisotopic (exact) mass is 404 g/mol. The number of aliphatic imine (C=N–C) groups is 1. The second-order valence-electron chi connectivity index (χ2n) is 7.73. The zero-order valence-corrected chi connectivity index (χ0v) is 17.9. The number of morpholine rings is 1. The van der Waals surface area contributed by atoms with Crippen molar-refractivity contribution in [2.45, 2.75) is 19.9 Å². The first-order valence-electron chi connectivity index (χ1n) is 10.8. The molecule has 0 bridgehead atoms. The number of hydrogen-bond donors (Lipinski definition) is 1. The average Bonchev–Trinajstić information content (AvgIpc) is 3.25. The fraction of sp³-hybridized carbons (Fsp3) is 0.682. The molecule has 29 heavy (non-hydrogen) atoms. The van der Waals surface area contributed by atoms with E-state index in [4.69, 9.17) is 19.2 Å². The van der Waals surface area contributed by atoms with Crippen LogP contribution in [0.25, 0.3) is 0 Å². The predicted molar refractivity (Wildman–Crippen MR) is 116 cm³/mol. The molecule has 2 aliphatic heterocycles. The highest BCUT2D eigenvalue weighted by molar-refractivity contribution is 5.79. The van der Waals surface area contributed by atoms with Crippen LogP contribution in [0.5, 0.6) is 5.75 Å². The second kappa shape index (κ2) is 12.0. The first kappa shape index (κ1) is 21.9. The van der Waals surface area contributed by atoms with Crippen LogP contribution >= 0.6 is 0 Å². The van der Waals surface area contributed by atoms with Gasteiger partial charge in [0.1, 0.15) is 12.4 Å². The number of hydrogen-bond acceptors (Lipinski definition) is 5. The number of guanidine groups is 1. The summed E-state index contributed by atoms with van der Waals surface area (Å²) in [5.41, 5.74) is 1.15. The fourth-order valence-electron chi connectivity index (χ4n) is 3.69. The summed E-state index contributed by atoms with van der Waals surface area (Å²) in [6, 6.07) is 8.26. The quantitative estimate of drug-likeness (QED) is 0.501. The molecule has 2 aliphatic rings. The van der Waals surface area contributed by atoms with Crippen molar-refractivity contribution >= 4 is 5.96 Å². The molecule has 1 N–H and O–H groups in total. The van der Waals surface area contributed by atoms with E-state index in [1.807, 2.05) is 12.1 Å². The number of benzene rings is 1. The minimum atomic E-state index is 0.590. The highest BCUT2D eigenvalue weighted by Crippen LogP contribution is 2.16. The van der Waals surface area contributed by atoms with Crippen molar-refractivity contribution < 1.29 is 14.2 Å². The van der Waals surface area contributed by atoms with Crippen molar-refractivity contribution in [1.82, 2.24) is 15.1 Å². The Labute approximate surface area is 175 Å². The largest absolute Gasteiger partial charge is 0.492 e. The molecule has 2 heterocycles. The molecule has 7 heteroatoms. The summed E-state index contributed by atoms with van der Waals surface area (Å²) in [6.07, 6.45) is 1.13. The van der Waals surface area contributed by atoms with Crippen LogP contribution in [0.3, 0.4) is 0 Å². The molecule has 2 fully saturated rings. The highest BCUT2D eigenvalue weighted by atomic mass is 16.5. The lowest BCUT2D eigenvalue weighted by molar-refractivity contribution is 0.0322. The number of rotatable bonds is 9. The Balaban J connectivity index is 1.49. The van der Waals surface area contributed by atoms with Gasteiger partial charge in [-0.05, 0) is 31.0 Å². The van der Waals surface area contributed by atoms with E-state index in [1.54, 1.807) is 0 Å². The molecule has 0 spiro atoms. The van der Waals surface area contributed by atoms with Gasteiger partial charge in [0.15, 0.2) is 5.96 Å². The van der Waals surface area contributed by atoms with E-state index >= 15 is 0 Å². The predicted octanol–water partition coefficient (Wildman–Crippen LogP) is 1.83. The molecule has 1 atom stereocenters. The molecule has 0 amide bonds. The first-order valence-corrected chi connectivity index (χ1v) is 10.8. The van der Waals surface area contributed by atoms with E-state index in [0.29, 0.717) is 19.1 Å². The lowest BCUT2D eigenvalue weighted by Gasteiger charge is -2.26. The number of nitrogens with zero attached hydrogens (tertiary/aromatic N) is 3. The summed E-state index contributed by atoms with van der Waals surface area (Å²) >= 11 is 0. The highest BCUT2D eigenvalue weighted by Gasteiger charge is 2.19. The Morgan fingerprint density at radius 2 is 2.14 bits per heavy atom. The molecule has 1 aromatic carbocycles. The van der Waals surface area contributed by atoms with Gasteiger partial charge >= 0.3 is 0 Å². The Morgan fingerprint density at radius 3 is 2.90 bits per heavy atom. The third kappa shape index (κ3) is 7.49. The first-order chi connectivity index (χ1) is 14.2. The van der Waals surface area contributed by atoms with Crippen LogP contribution in [0, 0.1) is 5.92 Å². The number of nitrogens with one attached hydrogen (secondary N) is 1. The zero-order chi connectivity index (χ0) is 20.3. The van der Waals surface area contributed by atoms with Crippen molar-refractivity contribution in [3.8, 4) is 5.75 Å². The normalized spacial score (nSPS) is 20.6. The molecular weight excluding hydrogens is 368 g/mol. The van der Waals surface area contributed by atoms with Crippen molar-refractivity contribution in [3.63, 3.8) is 0 Å². The van der Waals surface area contributed by atoms with E-state index in [9.17, 15) is 0 Å². The van der Waals surface area contributed by atoms with Gasteiger partial charge in [0.05, 0.1) is 26.4 Å². The molecule has 162 valence electrons. The van der Waals surface area contributed by atoms with Crippen LogP contribution in [0.4, 0.5) is 0 Å². The molecule has 1 unspecified atom stereocenters. The molecule has 3 rings (SSSR count). The maximum atomic E-state index is 5.97. The van der Waals surface area contributed by atoms with E-state index in [0.717, 1.165) is 82.8 Å². The van der Waals surface area contributed by atoms with Gasteiger partial charge in [0.25, 0.3) is 0 Å². The van der Waals surface area contributed by atoms with Crippen molar-refractivity contribution in [3.05, 3.63) is 29.8 Å². The smallest absolute Gasteiger partial charge is 0.193 e. The summed E-state index contributed by atoms with van der Waals surface area (Å²) in [4.78, 5) is 9.43. The third-order valence-electron chi connectivity index (χ3n) is 5.34. The van der Waals surface area contributed by atoms with Gasteiger partial charge in [-0.2, -0.15) is 0 Å². The molecule has 0 radical (unpaired) electrons. The third-order valence-corrected chi connectivity index (χ3v) is 5.34. The maximum absolute atomic E-state index is 5.97. The summed E-state index contributed by atoms with van der Waals surface area (Å²) in [7, 11) is 2.10.